The number of rotatable bonds is 5. The predicted molar refractivity (Wildman–Crippen MR) is 55.7 cm³/mol. The van der Waals surface area contributed by atoms with Gasteiger partial charge in [-0.25, -0.2) is 0 Å². The molecule has 1 saturated heterocycles. The first-order valence-corrected chi connectivity index (χ1v) is 5.85. The highest BCUT2D eigenvalue weighted by Gasteiger charge is 2.32. The first kappa shape index (κ1) is 10.9. The van der Waals surface area contributed by atoms with Gasteiger partial charge in [0, 0.05) is 13.2 Å². The highest BCUT2D eigenvalue weighted by Crippen LogP contribution is 2.29. The van der Waals surface area contributed by atoms with Gasteiger partial charge in [-0.2, -0.15) is 0 Å². The Morgan fingerprint density at radius 3 is 2.67 bits per heavy atom. The van der Waals surface area contributed by atoms with Crippen molar-refractivity contribution in [3.8, 4) is 0 Å². The van der Waals surface area contributed by atoms with Gasteiger partial charge in [0.15, 0.2) is 0 Å². The van der Waals surface area contributed by atoms with E-state index < -0.39 is 5.97 Å². The molecule has 2 unspecified atom stereocenters. The molecule has 86 valence electrons. The van der Waals surface area contributed by atoms with E-state index in [-0.39, 0.29) is 12.1 Å². The van der Waals surface area contributed by atoms with E-state index in [0.29, 0.717) is 12.5 Å². The van der Waals surface area contributed by atoms with Crippen molar-refractivity contribution in [3.63, 3.8) is 0 Å². The molecule has 0 bridgehead atoms. The van der Waals surface area contributed by atoms with Crippen LogP contribution in [0.25, 0.3) is 0 Å². The molecule has 0 amide bonds. The van der Waals surface area contributed by atoms with Crippen molar-refractivity contribution in [2.24, 2.45) is 5.92 Å². The second-order valence-corrected chi connectivity index (χ2v) is 4.55. The summed E-state index contributed by atoms with van der Waals surface area (Å²) in [6.07, 6.45) is 5.67. The third-order valence-electron chi connectivity index (χ3n) is 3.48. The molecule has 2 N–H and O–H groups in total. The van der Waals surface area contributed by atoms with E-state index in [4.69, 9.17) is 9.84 Å². The summed E-state index contributed by atoms with van der Waals surface area (Å²) in [5, 5.41) is 12.2. The molecule has 1 aliphatic carbocycles. The minimum absolute atomic E-state index is 0.229. The van der Waals surface area contributed by atoms with Gasteiger partial charge in [0.1, 0.15) is 6.04 Å². The van der Waals surface area contributed by atoms with Crippen LogP contribution in [0.4, 0.5) is 0 Å². The maximum atomic E-state index is 11.0. The van der Waals surface area contributed by atoms with Crippen molar-refractivity contribution in [1.29, 1.82) is 0 Å². The molecule has 1 aliphatic heterocycles. The monoisotopic (exact) mass is 213 g/mol. The zero-order valence-corrected chi connectivity index (χ0v) is 8.95. The third-order valence-corrected chi connectivity index (χ3v) is 3.48. The summed E-state index contributed by atoms with van der Waals surface area (Å²) < 4.78 is 5.46. The molecule has 15 heavy (non-hydrogen) atoms. The number of nitrogens with one attached hydrogen (secondary N) is 1. The van der Waals surface area contributed by atoms with Gasteiger partial charge in [0.05, 0.1) is 6.10 Å². The first-order valence-electron chi connectivity index (χ1n) is 5.85. The molecule has 2 aliphatic rings. The van der Waals surface area contributed by atoms with Crippen LogP contribution < -0.4 is 5.32 Å². The van der Waals surface area contributed by atoms with Gasteiger partial charge in [-0.05, 0) is 31.6 Å². The Balaban J connectivity index is 1.75. The maximum Gasteiger partial charge on any atom is 0.320 e. The predicted octanol–water partition coefficient (Wildman–Crippen LogP) is 1.01. The van der Waals surface area contributed by atoms with Gasteiger partial charge < -0.3 is 15.2 Å². The summed E-state index contributed by atoms with van der Waals surface area (Å²) in [6.45, 7) is 1.51. The van der Waals surface area contributed by atoms with E-state index in [1.54, 1.807) is 0 Å². The van der Waals surface area contributed by atoms with Gasteiger partial charge in [-0.1, -0.05) is 6.42 Å². The lowest BCUT2D eigenvalue weighted by Gasteiger charge is -2.32. The molecular weight excluding hydrogens is 194 g/mol. The van der Waals surface area contributed by atoms with E-state index >= 15 is 0 Å². The molecule has 1 heterocycles. The lowest BCUT2D eigenvalue weighted by atomic mass is 9.79. The second kappa shape index (κ2) is 4.94. The average Bonchev–Trinajstić information content (AvgIpc) is 2.60. The SMILES string of the molecule is O=C(O)C(NCC1CCCO1)C1CCC1. The molecule has 0 aromatic heterocycles. The minimum Gasteiger partial charge on any atom is -0.480 e. The number of aliphatic carboxylic acids is 1. The molecule has 1 saturated carbocycles. The Morgan fingerprint density at radius 2 is 2.20 bits per heavy atom. The van der Waals surface area contributed by atoms with Crippen LogP contribution in [0.3, 0.4) is 0 Å². The summed E-state index contributed by atoms with van der Waals surface area (Å²) in [6, 6.07) is -0.358. The Morgan fingerprint density at radius 1 is 1.40 bits per heavy atom. The Bertz CT molecular complexity index is 222. The lowest BCUT2D eigenvalue weighted by molar-refractivity contribution is -0.142. The average molecular weight is 213 g/mol. The topological polar surface area (TPSA) is 58.6 Å². The quantitative estimate of drug-likeness (QED) is 0.715. The molecule has 0 spiro atoms. The van der Waals surface area contributed by atoms with Crippen molar-refractivity contribution >= 4 is 5.97 Å². The van der Waals surface area contributed by atoms with Gasteiger partial charge in [-0.15, -0.1) is 0 Å². The Hall–Kier alpha value is -0.610. The first-order chi connectivity index (χ1) is 7.27. The summed E-state index contributed by atoms with van der Waals surface area (Å²) in [7, 11) is 0. The Labute approximate surface area is 90.0 Å². The van der Waals surface area contributed by atoms with E-state index in [1.165, 1.54) is 6.42 Å². The number of carboxylic acid groups (broad SMARTS) is 1. The van der Waals surface area contributed by atoms with Crippen LogP contribution in [0.15, 0.2) is 0 Å². The van der Waals surface area contributed by atoms with Crippen molar-refractivity contribution in [1.82, 2.24) is 5.32 Å². The standard InChI is InChI=1S/C11H19NO3/c13-11(14)10(8-3-1-4-8)12-7-9-5-2-6-15-9/h8-10,12H,1-7H2,(H,13,14). The maximum absolute atomic E-state index is 11.0. The Kier molecular flexibility index (Phi) is 3.59. The highest BCUT2D eigenvalue weighted by atomic mass is 16.5. The lowest BCUT2D eigenvalue weighted by Crippen LogP contribution is -2.47. The van der Waals surface area contributed by atoms with E-state index in [1.807, 2.05) is 0 Å². The molecule has 2 fully saturated rings. The normalized spacial score (nSPS) is 28.7. The molecule has 0 aromatic rings. The van der Waals surface area contributed by atoms with Crippen LogP contribution in [0.5, 0.6) is 0 Å². The zero-order valence-electron chi connectivity index (χ0n) is 8.95. The van der Waals surface area contributed by atoms with E-state index in [2.05, 4.69) is 5.32 Å². The molecule has 2 atom stereocenters. The number of ether oxygens (including phenoxy) is 1. The fourth-order valence-corrected chi connectivity index (χ4v) is 2.29. The minimum atomic E-state index is -0.710. The van der Waals surface area contributed by atoms with Crippen molar-refractivity contribution in [2.45, 2.75) is 44.2 Å². The number of carbonyl (C=O) groups is 1. The van der Waals surface area contributed by atoms with Gasteiger partial charge >= 0.3 is 5.97 Å². The van der Waals surface area contributed by atoms with Gasteiger partial charge in [0.2, 0.25) is 0 Å². The molecule has 4 nitrogen and oxygen atoms in total. The largest absolute Gasteiger partial charge is 0.480 e. The molecule has 4 heteroatoms. The fraction of sp³-hybridized carbons (Fsp3) is 0.909. The molecule has 0 radical (unpaired) electrons. The molecule has 0 aromatic carbocycles. The zero-order chi connectivity index (χ0) is 10.7. The van der Waals surface area contributed by atoms with Crippen molar-refractivity contribution in [3.05, 3.63) is 0 Å². The summed E-state index contributed by atoms with van der Waals surface area (Å²) in [5.41, 5.74) is 0. The number of carboxylic acids is 1. The van der Waals surface area contributed by atoms with E-state index in [0.717, 1.165) is 32.3 Å². The van der Waals surface area contributed by atoms with Crippen LogP contribution >= 0.6 is 0 Å². The fourth-order valence-electron chi connectivity index (χ4n) is 2.29. The smallest absolute Gasteiger partial charge is 0.320 e. The second-order valence-electron chi connectivity index (χ2n) is 4.55. The summed E-state index contributed by atoms with van der Waals surface area (Å²) in [4.78, 5) is 11.0. The number of hydrogen-bond acceptors (Lipinski definition) is 3. The molecular formula is C11H19NO3. The van der Waals surface area contributed by atoms with Crippen molar-refractivity contribution < 1.29 is 14.6 Å². The van der Waals surface area contributed by atoms with Crippen LogP contribution in [0.2, 0.25) is 0 Å². The van der Waals surface area contributed by atoms with Gasteiger partial charge in [0.25, 0.3) is 0 Å². The summed E-state index contributed by atoms with van der Waals surface area (Å²) in [5.74, 6) is -0.374. The van der Waals surface area contributed by atoms with Crippen LogP contribution in [0, 0.1) is 5.92 Å². The summed E-state index contributed by atoms with van der Waals surface area (Å²) >= 11 is 0. The van der Waals surface area contributed by atoms with Crippen LogP contribution in [0.1, 0.15) is 32.1 Å². The van der Waals surface area contributed by atoms with E-state index in [9.17, 15) is 4.79 Å². The third kappa shape index (κ3) is 2.69. The van der Waals surface area contributed by atoms with Crippen LogP contribution in [-0.4, -0.2) is 36.4 Å². The number of hydrogen-bond donors (Lipinski definition) is 2. The van der Waals surface area contributed by atoms with Crippen molar-refractivity contribution in [2.75, 3.05) is 13.2 Å². The molecule has 2 rings (SSSR count). The highest BCUT2D eigenvalue weighted by molar-refractivity contribution is 5.74. The van der Waals surface area contributed by atoms with Crippen LogP contribution in [-0.2, 0) is 9.53 Å². The van der Waals surface area contributed by atoms with Gasteiger partial charge in [-0.3, -0.25) is 4.79 Å².